The molecular weight excluding hydrogens is 392 g/mol. The zero-order valence-corrected chi connectivity index (χ0v) is 16.8. The summed E-state index contributed by atoms with van der Waals surface area (Å²) in [5.41, 5.74) is 6.56. The van der Waals surface area contributed by atoms with E-state index in [9.17, 15) is 23.6 Å². The number of carbonyl (C=O) groups excluding carboxylic acids is 2. The summed E-state index contributed by atoms with van der Waals surface area (Å²) in [6.45, 7) is 3.10. The van der Waals surface area contributed by atoms with Gasteiger partial charge in [0.1, 0.15) is 17.7 Å². The first-order valence-electron chi connectivity index (χ1n) is 10.3. The van der Waals surface area contributed by atoms with Gasteiger partial charge in [0.25, 0.3) is 0 Å². The number of fused-ring (bicyclic) bond motifs is 2. The van der Waals surface area contributed by atoms with E-state index in [-0.39, 0.29) is 30.4 Å². The van der Waals surface area contributed by atoms with Crippen LogP contribution >= 0.6 is 0 Å². The van der Waals surface area contributed by atoms with E-state index in [0.717, 1.165) is 12.5 Å². The molecule has 30 heavy (non-hydrogen) atoms. The van der Waals surface area contributed by atoms with Crippen LogP contribution in [0.2, 0.25) is 0 Å². The van der Waals surface area contributed by atoms with Crippen LogP contribution in [0.3, 0.4) is 0 Å². The molecular formula is C21H25F2N5O2. The molecule has 0 aliphatic carbocycles. The lowest BCUT2D eigenvalue weighted by Gasteiger charge is -2.38. The van der Waals surface area contributed by atoms with Crippen LogP contribution in [0.4, 0.5) is 8.78 Å². The molecule has 0 aromatic heterocycles. The van der Waals surface area contributed by atoms with Crippen LogP contribution < -0.4 is 5.73 Å². The molecule has 3 fully saturated rings. The minimum Gasteiger partial charge on any atom is -0.330 e. The second kappa shape index (κ2) is 7.93. The van der Waals surface area contributed by atoms with E-state index >= 15 is 0 Å². The van der Waals surface area contributed by atoms with Crippen LogP contribution in [0.15, 0.2) is 18.2 Å². The van der Waals surface area contributed by atoms with E-state index in [1.54, 1.807) is 11.8 Å². The maximum absolute atomic E-state index is 13.6. The second-order valence-corrected chi connectivity index (χ2v) is 8.41. The zero-order chi connectivity index (χ0) is 21.6. The molecule has 160 valence electrons. The van der Waals surface area contributed by atoms with E-state index in [2.05, 4.69) is 6.07 Å². The summed E-state index contributed by atoms with van der Waals surface area (Å²) in [6, 6.07) is 3.30. The Labute approximate surface area is 174 Å². The standard InChI is InChI=1S/C21H25F2N5O2/c1-12(13-5-14(22)7-15(23)6-13)28-17-8-19(21(28)30)26(10-17)11-18(25)20(29)27-4-2-3-16(27)9-24/h5-7,12,16-19H,2-4,8,10-11,25H2,1H3/t12-,16+,17+,18+,19-/m1/s1. The highest BCUT2D eigenvalue weighted by atomic mass is 19.1. The average Bonchev–Trinajstić information content (AvgIpc) is 3.40. The molecule has 2 N–H and O–H groups in total. The Morgan fingerprint density at radius 1 is 1.33 bits per heavy atom. The Morgan fingerprint density at radius 2 is 2.03 bits per heavy atom. The number of hydrogen-bond donors (Lipinski definition) is 1. The molecule has 4 rings (SSSR count). The summed E-state index contributed by atoms with van der Waals surface area (Å²) < 4.78 is 27.2. The summed E-state index contributed by atoms with van der Waals surface area (Å²) in [7, 11) is 0. The number of nitrogens with zero attached hydrogens (tertiary/aromatic N) is 4. The number of carbonyl (C=O) groups is 2. The van der Waals surface area contributed by atoms with Gasteiger partial charge in [0.2, 0.25) is 11.8 Å². The topological polar surface area (TPSA) is 93.7 Å². The zero-order valence-electron chi connectivity index (χ0n) is 16.8. The van der Waals surface area contributed by atoms with Gasteiger partial charge in [0.15, 0.2) is 0 Å². The number of amides is 2. The SMILES string of the molecule is C[C@H](c1cc(F)cc(F)c1)N1C(=O)[C@H]2C[C@H]1CN2C[C@H](N)C(=O)N1CCC[C@H]1C#N. The summed E-state index contributed by atoms with van der Waals surface area (Å²) in [5.74, 6) is -1.71. The van der Waals surface area contributed by atoms with Crippen LogP contribution in [0, 0.1) is 23.0 Å². The molecule has 7 nitrogen and oxygen atoms in total. The van der Waals surface area contributed by atoms with Gasteiger partial charge in [-0.15, -0.1) is 0 Å². The number of rotatable bonds is 5. The molecule has 0 spiro atoms. The fourth-order valence-corrected chi connectivity index (χ4v) is 5.08. The highest BCUT2D eigenvalue weighted by molar-refractivity contribution is 5.87. The van der Waals surface area contributed by atoms with Crippen molar-refractivity contribution in [2.75, 3.05) is 19.6 Å². The lowest BCUT2D eigenvalue weighted by molar-refractivity contribution is -0.141. The number of nitriles is 1. The van der Waals surface area contributed by atoms with Crippen molar-refractivity contribution in [3.8, 4) is 6.07 Å². The third-order valence-corrected chi connectivity index (χ3v) is 6.53. The number of halogens is 2. The molecule has 5 atom stereocenters. The fraction of sp³-hybridized carbons (Fsp3) is 0.571. The lowest BCUT2D eigenvalue weighted by atomic mass is 10.0. The molecule has 0 unspecified atom stereocenters. The lowest BCUT2D eigenvalue weighted by Crippen LogP contribution is -2.56. The predicted molar refractivity (Wildman–Crippen MR) is 104 cm³/mol. The van der Waals surface area contributed by atoms with Gasteiger partial charge in [-0.3, -0.25) is 14.5 Å². The monoisotopic (exact) mass is 417 g/mol. The van der Waals surface area contributed by atoms with Crippen LogP contribution in [-0.2, 0) is 9.59 Å². The number of hydrogen-bond acceptors (Lipinski definition) is 5. The van der Waals surface area contributed by atoms with E-state index < -0.39 is 29.8 Å². The third-order valence-electron chi connectivity index (χ3n) is 6.53. The summed E-state index contributed by atoms with van der Waals surface area (Å²) in [6.07, 6.45) is 2.05. The molecule has 1 aromatic carbocycles. The third kappa shape index (κ3) is 3.55. The predicted octanol–water partition coefficient (Wildman–Crippen LogP) is 1.15. The van der Waals surface area contributed by atoms with Crippen LogP contribution in [0.25, 0.3) is 0 Å². The number of nitrogens with two attached hydrogens (primary N) is 1. The minimum absolute atomic E-state index is 0.0928. The molecule has 3 saturated heterocycles. The van der Waals surface area contributed by atoms with E-state index in [4.69, 9.17) is 5.73 Å². The maximum Gasteiger partial charge on any atom is 0.241 e. The quantitative estimate of drug-likeness (QED) is 0.776. The number of benzene rings is 1. The van der Waals surface area contributed by atoms with Gasteiger partial charge in [-0.25, -0.2) is 8.78 Å². The molecule has 2 bridgehead atoms. The summed E-state index contributed by atoms with van der Waals surface area (Å²) >= 11 is 0. The number of likely N-dealkylation sites (tertiary alicyclic amines) is 3. The largest absolute Gasteiger partial charge is 0.330 e. The van der Waals surface area contributed by atoms with Gasteiger partial charge >= 0.3 is 0 Å². The Bertz CT molecular complexity index is 884. The average molecular weight is 417 g/mol. The first kappa shape index (κ1) is 20.7. The van der Waals surface area contributed by atoms with Gasteiger partial charge < -0.3 is 15.5 Å². The molecule has 9 heteroatoms. The van der Waals surface area contributed by atoms with Crippen molar-refractivity contribution in [3.63, 3.8) is 0 Å². The van der Waals surface area contributed by atoms with Crippen molar-refractivity contribution < 1.29 is 18.4 Å². The Balaban J connectivity index is 1.41. The molecule has 3 aliphatic heterocycles. The summed E-state index contributed by atoms with van der Waals surface area (Å²) in [4.78, 5) is 30.8. The Morgan fingerprint density at radius 3 is 2.67 bits per heavy atom. The first-order chi connectivity index (χ1) is 14.3. The second-order valence-electron chi connectivity index (χ2n) is 8.41. The number of piperazine rings is 1. The van der Waals surface area contributed by atoms with Gasteiger partial charge in [-0.1, -0.05) is 0 Å². The van der Waals surface area contributed by atoms with Gasteiger partial charge in [0, 0.05) is 31.7 Å². The van der Waals surface area contributed by atoms with Gasteiger partial charge in [-0.05, 0) is 43.9 Å². The van der Waals surface area contributed by atoms with Crippen molar-refractivity contribution >= 4 is 11.8 Å². The molecule has 3 heterocycles. The smallest absolute Gasteiger partial charge is 0.241 e. The van der Waals surface area contributed by atoms with Crippen LogP contribution in [0.1, 0.15) is 37.8 Å². The molecule has 0 saturated carbocycles. The highest BCUT2D eigenvalue weighted by Gasteiger charge is 2.51. The fourth-order valence-electron chi connectivity index (χ4n) is 5.08. The van der Waals surface area contributed by atoms with Crippen LogP contribution in [0.5, 0.6) is 0 Å². The van der Waals surface area contributed by atoms with Crippen molar-refractivity contribution in [2.24, 2.45) is 5.73 Å². The van der Waals surface area contributed by atoms with Crippen molar-refractivity contribution in [1.82, 2.24) is 14.7 Å². The minimum atomic E-state index is -0.797. The van der Waals surface area contributed by atoms with Crippen LogP contribution in [-0.4, -0.2) is 70.3 Å². The van der Waals surface area contributed by atoms with E-state index in [1.807, 2.05) is 4.90 Å². The highest BCUT2D eigenvalue weighted by Crippen LogP contribution is 2.38. The molecule has 2 amide bonds. The Kier molecular flexibility index (Phi) is 5.47. The van der Waals surface area contributed by atoms with Gasteiger partial charge in [0.05, 0.1) is 24.2 Å². The molecule has 1 aromatic rings. The maximum atomic E-state index is 13.6. The van der Waals surface area contributed by atoms with Crippen molar-refractivity contribution in [2.45, 2.75) is 56.4 Å². The normalized spacial score (nSPS) is 28.1. The van der Waals surface area contributed by atoms with E-state index in [0.29, 0.717) is 31.5 Å². The molecule has 0 radical (unpaired) electrons. The van der Waals surface area contributed by atoms with Crippen molar-refractivity contribution in [1.29, 1.82) is 5.26 Å². The first-order valence-corrected chi connectivity index (χ1v) is 10.3. The van der Waals surface area contributed by atoms with Crippen molar-refractivity contribution in [3.05, 3.63) is 35.4 Å². The molecule has 3 aliphatic rings. The van der Waals surface area contributed by atoms with E-state index in [1.165, 1.54) is 17.0 Å². The Hall–Kier alpha value is -2.57. The van der Waals surface area contributed by atoms with Gasteiger partial charge in [-0.2, -0.15) is 5.26 Å². The summed E-state index contributed by atoms with van der Waals surface area (Å²) in [5, 5.41) is 9.19.